The quantitative estimate of drug-likeness (QED) is 0.731. The van der Waals surface area contributed by atoms with Crippen molar-refractivity contribution in [2.45, 2.75) is 32.2 Å². The molecule has 0 heterocycles. The Hall–Kier alpha value is -1.06. The van der Waals surface area contributed by atoms with Crippen molar-refractivity contribution < 1.29 is 10.2 Å². The summed E-state index contributed by atoms with van der Waals surface area (Å²) in [5, 5.41) is 21.8. The van der Waals surface area contributed by atoms with Crippen LogP contribution in [-0.2, 0) is 6.42 Å². The molecule has 0 bridgehead atoms. The molecule has 0 radical (unpaired) electrons. The maximum Gasteiger partial charge on any atom is 0.115 e. The number of phenolic OH excluding ortho intramolecular Hbond substituents is 1. The molecule has 2 rings (SSSR count). The van der Waals surface area contributed by atoms with Gasteiger partial charge in [-0.25, -0.2) is 0 Å². The zero-order valence-corrected chi connectivity index (χ0v) is 10.3. The predicted molar refractivity (Wildman–Crippen MR) is 68.0 cm³/mol. The summed E-state index contributed by atoms with van der Waals surface area (Å²) in [6, 6.07) is 6.06. The number of nitrogens with one attached hydrogen (secondary N) is 1. The smallest absolute Gasteiger partial charge is 0.115 e. The summed E-state index contributed by atoms with van der Waals surface area (Å²) in [5.41, 5.74) is 2.58. The maximum absolute atomic E-state index is 9.42. The zero-order valence-electron chi connectivity index (χ0n) is 10.3. The number of fused-ring (bicyclic) bond motifs is 1. The highest BCUT2D eigenvalue weighted by atomic mass is 16.3. The first kappa shape index (κ1) is 12.4. The fourth-order valence-corrected chi connectivity index (χ4v) is 2.48. The topological polar surface area (TPSA) is 52.5 Å². The van der Waals surface area contributed by atoms with Crippen LogP contribution in [0.2, 0.25) is 0 Å². The van der Waals surface area contributed by atoms with Crippen molar-refractivity contribution in [1.29, 1.82) is 0 Å². The van der Waals surface area contributed by atoms with E-state index in [9.17, 15) is 5.11 Å². The van der Waals surface area contributed by atoms with Crippen molar-refractivity contribution in [3.8, 4) is 5.75 Å². The number of hydrogen-bond acceptors (Lipinski definition) is 3. The third-order valence-electron chi connectivity index (χ3n) is 3.54. The van der Waals surface area contributed by atoms with Gasteiger partial charge in [0.2, 0.25) is 0 Å². The van der Waals surface area contributed by atoms with Gasteiger partial charge in [-0.05, 0) is 55.0 Å². The molecular formula is C14H21NO2. The lowest BCUT2D eigenvalue weighted by Gasteiger charge is -2.17. The molecule has 1 aromatic carbocycles. The van der Waals surface area contributed by atoms with Crippen LogP contribution in [0.3, 0.4) is 0 Å². The second kappa shape index (κ2) is 5.52. The van der Waals surface area contributed by atoms with Gasteiger partial charge in [0, 0.05) is 12.6 Å². The second-order valence-electron chi connectivity index (χ2n) is 5.00. The molecule has 0 aromatic heterocycles. The van der Waals surface area contributed by atoms with Crippen molar-refractivity contribution >= 4 is 0 Å². The standard InChI is InChI=1S/C14H21NO2/c1-10(6-7-16)9-15-14-5-2-11-8-12(17)3-4-13(11)14/h3-4,8,10,14-17H,2,5-7,9H2,1H3. The number of phenols is 1. The van der Waals surface area contributed by atoms with Gasteiger partial charge in [-0.1, -0.05) is 13.0 Å². The van der Waals surface area contributed by atoms with Crippen LogP contribution in [0.1, 0.15) is 36.9 Å². The molecule has 1 aliphatic rings. The van der Waals surface area contributed by atoms with Crippen LogP contribution in [0, 0.1) is 5.92 Å². The average Bonchev–Trinajstić information content (AvgIpc) is 2.69. The fraction of sp³-hybridized carbons (Fsp3) is 0.571. The molecule has 0 aliphatic heterocycles. The first-order valence-electron chi connectivity index (χ1n) is 6.36. The molecule has 0 saturated carbocycles. The maximum atomic E-state index is 9.42. The third kappa shape index (κ3) is 2.99. The highest BCUT2D eigenvalue weighted by Gasteiger charge is 2.22. The largest absolute Gasteiger partial charge is 0.508 e. The monoisotopic (exact) mass is 235 g/mol. The van der Waals surface area contributed by atoms with Gasteiger partial charge in [-0.2, -0.15) is 0 Å². The number of rotatable bonds is 5. The van der Waals surface area contributed by atoms with Gasteiger partial charge >= 0.3 is 0 Å². The van der Waals surface area contributed by atoms with Crippen molar-refractivity contribution in [3.05, 3.63) is 29.3 Å². The SMILES string of the molecule is CC(CCO)CNC1CCc2cc(O)ccc21. The van der Waals surface area contributed by atoms with Gasteiger partial charge in [0.05, 0.1) is 0 Å². The molecule has 17 heavy (non-hydrogen) atoms. The van der Waals surface area contributed by atoms with Crippen molar-refractivity contribution in [1.82, 2.24) is 5.32 Å². The number of benzene rings is 1. The van der Waals surface area contributed by atoms with Gasteiger partial charge in [-0.15, -0.1) is 0 Å². The zero-order chi connectivity index (χ0) is 12.3. The van der Waals surface area contributed by atoms with Crippen LogP contribution in [-0.4, -0.2) is 23.4 Å². The lowest BCUT2D eigenvalue weighted by atomic mass is 10.1. The third-order valence-corrected chi connectivity index (χ3v) is 3.54. The Labute approximate surface area is 102 Å². The Morgan fingerprint density at radius 2 is 2.29 bits per heavy atom. The molecule has 0 spiro atoms. The Bertz CT molecular complexity index is 378. The van der Waals surface area contributed by atoms with Crippen molar-refractivity contribution in [2.24, 2.45) is 5.92 Å². The van der Waals surface area contributed by atoms with Gasteiger partial charge < -0.3 is 15.5 Å². The molecule has 3 N–H and O–H groups in total. The van der Waals surface area contributed by atoms with Gasteiger partial charge in [0.15, 0.2) is 0 Å². The van der Waals surface area contributed by atoms with E-state index in [4.69, 9.17) is 5.11 Å². The molecule has 1 aromatic rings. The van der Waals surface area contributed by atoms with Gasteiger partial charge in [0.1, 0.15) is 5.75 Å². The van der Waals surface area contributed by atoms with E-state index in [0.717, 1.165) is 25.8 Å². The molecule has 3 nitrogen and oxygen atoms in total. The van der Waals surface area contributed by atoms with Crippen molar-refractivity contribution in [3.63, 3.8) is 0 Å². The highest BCUT2D eigenvalue weighted by Crippen LogP contribution is 2.33. The molecule has 0 saturated heterocycles. The van der Waals surface area contributed by atoms with Crippen LogP contribution in [0.4, 0.5) is 0 Å². The summed E-state index contributed by atoms with van der Waals surface area (Å²) < 4.78 is 0. The molecule has 94 valence electrons. The van der Waals surface area contributed by atoms with E-state index in [1.807, 2.05) is 12.1 Å². The Kier molecular flexibility index (Phi) is 4.02. The minimum Gasteiger partial charge on any atom is -0.508 e. The predicted octanol–water partition coefficient (Wildman–Crippen LogP) is 1.99. The van der Waals surface area contributed by atoms with E-state index in [2.05, 4.69) is 12.2 Å². The molecule has 1 aliphatic carbocycles. The second-order valence-corrected chi connectivity index (χ2v) is 5.00. The van der Waals surface area contributed by atoms with E-state index in [1.54, 1.807) is 6.07 Å². The van der Waals surface area contributed by atoms with Crippen LogP contribution in [0.25, 0.3) is 0 Å². The number of aliphatic hydroxyl groups is 1. The average molecular weight is 235 g/mol. The summed E-state index contributed by atoms with van der Waals surface area (Å²) >= 11 is 0. The Balaban J connectivity index is 1.93. The van der Waals surface area contributed by atoms with E-state index >= 15 is 0 Å². The van der Waals surface area contributed by atoms with E-state index in [1.165, 1.54) is 11.1 Å². The minimum absolute atomic E-state index is 0.262. The Morgan fingerprint density at radius 1 is 1.47 bits per heavy atom. The molecule has 0 amide bonds. The first-order valence-corrected chi connectivity index (χ1v) is 6.36. The molecule has 0 fully saturated rings. The fourth-order valence-electron chi connectivity index (χ4n) is 2.48. The van der Waals surface area contributed by atoms with Crippen molar-refractivity contribution in [2.75, 3.05) is 13.2 Å². The summed E-state index contributed by atoms with van der Waals surface area (Å²) in [6.45, 7) is 3.35. The number of aromatic hydroxyl groups is 1. The lowest BCUT2D eigenvalue weighted by molar-refractivity contribution is 0.257. The number of aryl methyl sites for hydroxylation is 1. The molecular weight excluding hydrogens is 214 g/mol. The van der Waals surface area contributed by atoms with E-state index < -0.39 is 0 Å². The summed E-state index contributed by atoms with van der Waals surface area (Å²) in [7, 11) is 0. The number of aliphatic hydroxyl groups excluding tert-OH is 1. The van der Waals surface area contributed by atoms with Crippen LogP contribution in [0.15, 0.2) is 18.2 Å². The summed E-state index contributed by atoms with van der Waals surface area (Å²) in [6.07, 6.45) is 2.99. The number of hydrogen-bond donors (Lipinski definition) is 3. The molecule has 3 heteroatoms. The normalized spacial score (nSPS) is 20.2. The van der Waals surface area contributed by atoms with E-state index in [0.29, 0.717) is 17.7 Å². The summed E-state index contributed by atoms with van der Waals surface area (Å²) in [5.74, 6) is 0.860. The van der Waals surface area contributed by atoms with Crippen LogP contribution >= 0.6 is 0 Å². The first-order chi connectivity index (χ1) is 8.20. The molecule has 2 atom stereocenters. The molecule has 2 unspecified atom stereocenters. The highest BCUT2D eigenvalue weighted by molar-refractivity contribution is 5.39. The lowest BCUT2D eigenvalue weighted by Crippen LogP contribution is -2.25. The van der Waals surface area contributed by atoms with E-state index in [-0.39, 0.29) is 6.61 Å². The summed E-state index contributed by atoms with van der Waals surface area (Å²) in [4.78, 5) is 0. The van der Waals surface area contributed by atoms with Crippen LogP contribution < -0.4 is 5.32 Å². The van der Waals surface area contributed by atoms with Gasteiger partial charge in [0.25, 0.3) is 0 Å². The minimum atomic E-state index is 0.262. The van der Waals surface area contributed by atoms with Crippen LogP contribution in [0.5, 0.6) is 5.75 Å². The Morgan fingerprint density at radius 3 is 3.06 bits per heavy atom. The van der Waals surface area contributed by atoms with Gasteiger partial charge in [-0.3, -0.25) is 0 Å².